The van der Waals surface area contributed by atoms with E-state index in [4.69, 9.17) is 22.4 Å². The molecule has 1 heterocycles. The molecule has 0 amide bonds. The molecule has 4 nitrogen and oxygen atoms in total. The van der Waals surface area contributed by atoms with Crippen LogP contribution >= 0.6 is 22.9 Å². The zero-order valence-electron chi connectivity index (χ0n) is 7.98. The van der Waals surface area contributed by atoms with Gasteiger partial charge in [0.25, 0.3) is 0 Å². The van der Waals surface area contributed by atoms with Gasteiger partial charge in [-0.15, -0.1) is 0 Å². The van der Waals surface area contributed by atoms with E-state index in [1.165, 1.54) is 0 Å². The van der Waals surface area contributed by atoms with Crippen molar-refractivity contribution in [3.05, 3.63) is 35.0 Å². The lowest BCUT2D eigenvalue weighted by Gasteiger charge is -1.94. The van der Waals surface area contributed by atoms with Crippen molar-refractivity contribution in [2.24, 2.45) is 0 Å². The minimum Gasteiger partial charge on any atom is -0.476 e. The lowest BCUT2D eigenvalue weighted by atomic mass is 10.2. The maximum Gasteiger partial charge on any atom is 0.357 e. The number of halogens is 1. The van der Waals surface area contributed by atoms with Crippen molar-refractivity contribution >= 4 is 33.9 Å². The molecule has 0 saturated carbocycles. The molecule has 0 fully saturated rings. The molecule has 0 radical (unpaired) electrons. The normalized spacial score (nSPS) is 10.3. The van der Waals surface area contributed by atoms with Crippen molar-refractivity contribution in [2.75, 3.05) is 5.73 Å². The molecule has 0 unspecified atom stereocenters. The Balaban J connectivity index is 2.45. The summed E-state index contributed by atoms with van der Waals surface area (Å²) < 4.78 is 0. The second-order valence-electron chi connectivity index (χ2n) is 3.04. The minimum atomic E-state index is -1.12. The molecule has 0 aliphatic carbocycles. The van der Waals surface area contributed by atoms with Crippen LogP contribution in [0.25, 0.3) is 10.6 Å². The van der Waals surface area contributed by atoms with Gasteiger partial charge in [0.15, 0.2) is 5.69 Å². The number of nitrogens with two attached hydrogens (primary N) is 1. The van der Waals surface area contributed by atoms with E-state index in [-0.39, 0.29) is 10.7 Å². The van der Waals surface area contributed by atoms with Crippen LogP contribution in [-0.4, -0.2) is 16.1 Å². The summed E-state index contributed by atoms with van der Waals surface area (Å²) in [6.45, 7) is 0. The van der Waals surface area contributed by atoms with E-state index in [1.54, 1.807) is 24.3 Å². The number of carboxylic acid groups (broad SMARTS) is 1. The number of carboxylic acids is 1. The molecule has 6 heteroatoms. The van der Waals surface area contributed by atoms with Crippen LogP contribution in [0.4, 0.5) is 5.00 Å². The first-order chi connectivity index (χ1) is 7.58. The predicted molar refractivity (Wildman–Crippen MR) is 63.9 cm³/mol. The van der Waals surface area contributed by atoms with Crippen LogP contribution in [0.15, 0.2) is 24.3 Å². The molecular formula is C10H7ClN2O2S. The van der Waals surface area contributed by atoms with Gasteiger partial charge in [0, 0.05) is 10.6 Å². The van der Waals surface area contributed by atoms with E-state index in [9.17, 15) is 4.79 Å². The average Bonchev–Trinajstić information content (AvgIpc) is 2.61. The zero-order chi connectivity index (χ0) is 11.7. The van der Waals surface area contributed by atoms with Gasteiger partial charge in [0.05, 0.1) is 0 Å². The summed E-state index contributed by atoms with van der Waals surface area (Å²) >= 11 is 6.89. The van der Waals surface area contributed by atoms with Crippen LogP contribution in [0, 0.1) is 0 Å². The van der Waals surface area contributed by atoms with Crippen molar-refractivity contribution in [1.82, 2.24) is 4.98 Å². The van der Waals surface area contributed by atoms with Crippen LogP contribution in [0.1, 0.15) is 10.5 Å². The molecule has 1 aromatic carbocycles. The van der Waals surface area contributed by atoms with E-state index in [2.05, 4.69) is 4.98 Å². The summed E-state index contributed by atoms with van der Waals surface area (Å²) in [5, 5.41) is 10.2. The Morgan fingerprint density at radius 3 is 2.50 bits per heavy atom. The largest absolute Gasteiger partial charge is 0.476 e. The van der Waals surface area contributed by atoms with Crippen LogP contribution in [0.5, 0.6) is 0 Å². The summed E-state index contributed by atoms with van der Waals surface area (Å²) in [5.41, 5.74) is 6.26. The molecule has 0 aliphatic rings. The van der Waals surface area contributed by atoms with Crippen LogP contribution < -0.4 is 5.73 Å². The standard InChI is InChI=1S/C10H7ClN2O2S/c11-6-3-1-5(2-4-6)9-13-7(10(14)15)8(12)16-9/h1-4H,12H2,(H,14,15). The zero-order valence-corrected chi connectivity index (χ0v) is 9.55. The number of nitrogens with zero attached hydrogens (tertiary/aromatic N) is 1. The molecule has 0 spiro atoms. The summed E-state index contributed by atoms with van der Waals surface area (Å²) in [6, 6.07) is 6.97. The third kappa shape index (κ3) is 2.00. The van der Waals surface area contributed by atoms with Gasteiger partial charge in [-0.05, 0) is 12.1 Å². The fraction of sp³-hybridized carbons (Fsp3) is 0. The topological polar surface area (TPSA) is 76.2 Å². The minimum absolute atomic E-state index is 0.102. The summed E-state index contributed by atoms with van der Waals surface area (Å²) in [5.74, 6) is -1.12. The van der Waals surface area contributed by atoms with Crippen molar-refractivity contribution in [3.8, 4) is 10.6 Å². The lowest BCUT2D eigenvalue weighted by molar-refractivity contribution is 0.0692. The molecule has 82 valence electrons. The maximum absolute atomic E-state index is 10.8. The number of rotatable bonds is 2. The molecule has 1 aromatic heterocycles. The van der Waals surface area contributed by atoms with Crippen LogP contribution in [-0.2, 0) is 0 Å². The predicted octanol–water partition coefficient (Wildman–Crippen LogP) is 2.74. The number of hydrogen-bond acceptors (Lipinski definition) is 4. The van der Waals surface area contributed by atoms with Gasteiger partial charge in [0.2, 0.25) is 0 Å². The molecule has 3 N–H and O–H groups in total. The molecule has 0 bridgehead atoms. The smallest absolute Gasteiger partial charge is 0.357 e. The summed E-state index contributed by atoms with van der Waals surface area (Å²) in [7, 11) is 0. The second-order valence-corrected chi connectivity index (χ2v) is 4.51. The molecule has 2 rings (SSSR count). The van der Waals surface area contributed by atoms with E-state index < -0.39 is 5.97 Å². The number of anilines is 1. The summed E-state index contributed by atoms with van der Waals surface area (Å²) in [6.07, 6.45) is 0. The Bertz CT molecular complexity index is 536. The van der Waals surface area contributed by atoms with E-state index >= 15 is 0 Å². The SMILES string of the molecule is Nc1sc(-c2ccc(Cl)cc2)nc1C(=O)O. The fourth-order valence-corrected chi connectivity index (χ4v) is 2.16. The third-order valence-corrected chi connectivity index (χ3v) is 3.13. The van der Waals surface area contributed by atoms with Crippen molar-refractivity contribution in [2.45, 2.75) is 0 Å². The maximum atomic E-state index is 10.8. The van der Waals surface area contributed by atoms with Crippen LogP contribution in [0.3, 0.4) is 0 Å². The second kappa shape index (κ2) is 4.11. The van der Waals surface area contributed by atoms with Gasteiger partial charge in [-0.3, -0.25) is 0 Å². The highest BCUT2D eigenvalue weighted by molar-refractivity contribution is 7.19. The van der Waals surface area contributed by atoms with Gasteiger partial charge >= 0.3 is 5.97 Å². The van der Waals surface area contributed by atoms with E-state index in [0.29, 0.717) is 10.0 Å². The number of carbonyl (C=O) groups is 1. The Labute approximate surface area is 100 Å². The third-order valence-electron chi connectivity index (χ3n) is 1.95. The average molecular weight is 255 g/mol. The van der Waals surface area contributed by atoms with Crippen molar-refractivity contribution < 1.29 is 9.90 Å². The highest BCUT2D eigenvalue weighted by Gasteiger charge is 2.15. The number of thiazole rings is 1. The highest BCUT2D eigenvalue weighted by atomic mass is 35.5. The highest BCUT2D eigenvalue weighted by Crippen LogP contribution is 2.30. The molecule has 16 heavy (non-hydrogen) atoms. The lowest BCUT2D eigenvalue weighted by Crippen LogP contribution is -2.00. The molecule has 0 atom stereocenters. The first-order valence-electron chi connectivity index (χ1n) is 4.33. The Kier molecular flexibility index (Phi) is 2.80. The van der Waals surface area contributed by atoms with Gasteiger partial charge in [-0.25, -0.2) is 9.78 Å². The monoisotopic (exact) mass is 254 g/mol. The number of hydrogen-bond donors (Lipinski definition) is 2. The van der Waals surface area contributed by atoms with Crippen LogP contribution in [0.2, 0.25) is 5.02 Å². The van der Waals surface area contributed by atoms with Gasteiger partial charge in [-0.1, -0.05) is 35.1 Å². The first kappa shape index (κ1) is 10.9. The molecule has 0 saturated heterocycles. The van der Waals surface area contributed by atoms with Gasteiger partial charge in [-0.2, -0.15) is 0 Å². The Morgan fingerprint density at radius 1 is 1.38 bits per heavy atom. The first-order valence-corrected chi connectivity index (χ1v) is 5.53. The van der Waals surface area contributed by atoms with E-state index in [1.807, 2.05) is 0 Å². The number of benzene rings is 1. The Morgan fingerprint density at radius 2 is 2.00 bits per heavy atom. The Hall–Kier alpha value is -1.59. The van der Waals surface area contributed by atoms with E-state index in [0.717, 1.165) is 16.9 Å². The van der Waals surface area contributed by atoms with Crippen molar-refractivity contribution in [3.63, 3.8) is 0 Å². The van der Waals surface area contributed by atoms with Crippen molar-refractivity contribution in [1.29, 1.82) is 0 Å². The quantitative estimate of drug-likeness (QED) is 0.864. The number of aromatic carboxylic acids is 1. The van der Waals surface area contributed by atoms with Gasteiger partial charge < -0.3 is 10.8 Å². The number of aromatic nitrogens is 1. The summed E-state index contributed by atoms with van der Waals surface area (Å²) in [4.78, 5) is 14.7. The fourth-order valence-electron chi connectivity index (χ4n) is 1.20. The molecular weight excluding hydrogens is 248 g/mol. The molecule has 2 aromatic rings. The van der Waals surface area contributed by atoms with Gasteiger partial charge in [0.1, 0.15) is 10.0 Å². The number of nitrogen functional groups attached to an aromatic ring is 1. The molecule has 0 aliphatic heterocycles.